The number of rotatable bonds is 4. The van der Waals surface area contributed by atoms with Crippen molar-refractivity contribution < 1.29 is 9.47 Å². The van der Waals surface area contributed by atoms with E-state index in [1.807, 2.05) is 6.07 Å². The van der Waals surface area contributed by atoms with E-state index < -0.39 is 0 Å². The molecule has 0 aliphatic carbocycles. The normalized spacial score (nSPS) is 20.5. The molecule has 2 aliphatic rings. The second kappa shape index (κ2) is 5.80. The average molecular weight is 262 g/mol. The van der Waals surface area contributed by atoms with E-state index in [1.54, 1.807) is 0 Å². The molecule has 1 saturated heterocycles. The number of hydrogen-bond acceptors (Lipinski definition) is 4. The van der Waals surface area contributed by atoms with Gasteiger partial charge in [-0.3, -0.25) is 4.90 Å². The highest BCUT2D eigenvalue weighted by Crippen LogP contribution is 2.36. The summed E-state index contributed by atoms with van der Waals surface area (Å²) >= 11 is 0. The number of fused-ring (bicyclic) bond motifs is 1. The van der Waals surface area contributed by atoms with E-state index in [1.165, 1.54) is 37.9 Å². The standard InChI is InChI=1S/C15H22N2O2/c16-7-6-13(17-8-2-1-3-9-17)12-4-5-14-15(10-12)19-11-18-14/h4-5,10,13H,1-3,6-9,11,16H2. The number of likely N-dealkylation sites (tertiary alicyclic amines) is 1. The zero-order valence-corrected chi connectivity index (χ0v) is 11.3. The van der Waals surface area contributed by atoms with Gasteiger partial charge in [0.1, 0.15) is 0 Å². The summed E-state index contributed by atoms with van der Waals surface area (Å²) in [5, 5.41) is 0. The molecule has 2 N–H and O–H groups in total. The average Bonchev–Trinajstić information content (AvgIpc) is 2.93. The van der Waals surface area contributed by atoms with Crippen LogP contribution in [0.5, 0.6) is 11.5 Å². The quantitative estimate of drug-likeness (QED) is 0.904. The van der Waals surface area contributed by atoms with Gasteiger partial charge in [0.15, 0.2) is 11.5 Å². The number of ether oxygens (including phenoxy) is 2. The highest BCUT2D eigenvalue weighted by molar-refractivity contribution is 5.45. The van der Waals surface area contributed by atoms with Crippen LogP contribution < -0.4 is 15.2 Å². The maximum atomic E-state index is 5.80. The lowest BCUT2D eigenvalue weighted by Crippen LogP contribution is -2.34. The lowest BCUT2D eigenvalue weighted by atomic mass is 9.98. The predicted molar refractivity (Wildman–Crippen MR) is 74.4 cm³/mol. The molecule has 2 aliphatic heterocycles. The summed E-state index contributed by atoms with van der Waals surface area (Å²) in [6.07, 6.45) is 4.95. The van der Waals surface area contributed by atoms with Crippen LogP contribution in [0.3, 0.4) is 0 Å². The molecule has 3 rings (SSSR count). The van der Waals surface area contributed by atoms with Crippen LogP contribution in [-0.4, -0.2) is 31.3 Å². The highest BCUT2D eigenvalue weighted by atomic mass is 16.7. The van der Waals surface area contributed by atoms with Gasteiger partial charge in [-0.2, -0.15) is 0 Å². The van der Waals surface area contributed by atoms with Crippen molar-refractivity contribution in [2.45, 2.75) is 31.7 Å². The molecule has 1 aromatic rings. The Morgan fingerprint density at radius 3 is 2.68 bits per heavy atom. The third-order valence-corrected chi connectivity index (χ3v) is 4.05. The first kappa shape index (κ1) is 12.8. The van der Waals surface area contributed by atoms with E-state index in [2.05, 4.69) is 17.0 Å². The van der Waals surface area contributed by atoms with Crippen molar-refractivity contribution in [3.63, 3.8) is 0 Å². The molecule has 104 valence electrons. The molecular weight excluding hydrogens is 240 g/mol. The summed E-state index contributed by atoms with van der Waals surface area (Å²) in [6.45, 7) is 3.41. The first-order chi connectivity index (χ1) is 9.38. The minimum atomic E-state index is 0.337. The Morgan fingerprint density at radius 1 is 1.11 bits per heavy atom. The first-order valence-electron chi connectivity index (χ1n) is 7.22. The Morgan fingerprint density at radius 2 is 1.89 bits per heavy atom. The zero-order valence-electron chi connectivity index (χ0n) is 11.3. The lowest BCUT2D eigenvalue weighted by Gasteiger charge is -2.34. The minimum absolute atomic E-state index is 0.337. The molecule has 0 bridgehead atoms. The fraction of sp³-hybridized carbons (Fsp3) is 0.600. The first-order valence-corrected chi connectivity index (χ1v) is 7.22. The summed E-state index contributed by atoms with van der Waals surface area (Å²) in [7, 11) is 0. The topological polar surface area (TPSA) is 47.7 Å². The molecular formula is C15H22N2O2. The largest absolute Gasteiger partial charge is 0.454 e. The van der Waals surface area contributed by atoms with Crippen LogP contribution in [0.2, 0.25) is 0 Å². The van der Waals surface area contributed by atoms with Crippen LogP contribution in [0.25, 0.3) is 0 Å². The van der Waals surface area contributed by atoms with Crippen LogP contribution in [0.15, 0.2) is 18.2 Å². The van der Waals surface area contributed by atoms with Gasteiger partial charge in [0.25, 0.3) is 0 Å². The molecule has 0 spiro atoms. The predicted octanol–water partition coefficient (Wildman–Crippen LogP) is 2.29. The van der Waals surface area contributed by atoms with Crippen LogP contribution in [0.1, 0.15) is 37.3 Å². The molecule has 4 nitrogen and oxygen atoms in total. The summed E-state index contributed by atoms with van der Waals surface area (Å²) in [6, 6.07) is 6.71. The van der Waals surface area contributed by atoms with Crippen LogP contribution in [-0.2, 0) is 0 Å². The monoisotopic (exact) mass is 262 g/mol. The molecule has 19 heavy (non-hydrogen) atoms. The fourth-order valence-electron chi connectivity index (χ4n) is 3.07. The smallest absolute Gasteiger partial charge is 0.231 e. The second-order valence-electron chi connectivity index (χ2n) is 5.30. The number of nitrogens with zero attached hydrogens (tertiary/aromatic N) is 1. The highest BCUT2D eigenvalue weighted by Gasteiger charge is 2.23. The van der Waals surface area contributed by atoms with E-state index in [0.717, 1.165) is 24.5 Å². The number of benzene rings is 1. The van der Waals surface area contributed by atoms with E-state index in [9.17, 15) is 0 Å². The molecule has 1 atom stereocenters. The van der Waals surface area contributed by atoms with Crippen molar-refractivity contribution in [1.29, 1.82) is 0 Å². The minimum Gasteiger partial charge on any atom is -0.454 e. The van der Waals surface area contributed by atoms with Gasteiger partial charge in [-0.25, -0.2) is 0 Å². The zero-order chi connectivity index (χ0) is 13.1. The Hall–Kier alpha value is -1.26. The molecule has 1 fully saturated rings. The lowest BCUT2D eigenvalue weighted by molar-refractivity contribution is 0.156. The number of nitrogens with two attached hydrogens (primary N) is 1. The van der Waals surface area contributed by atoms with Gasteiger partial charge < -0.3 is 15.2 Å². The van der Waals surface area contributed by atoms with E-state index in [-0.39, 0.29) is 0 Å². The van der Waals surface area contributed by atoms with Gasteiger partial charge in [-0.05, 0) is 56.6 Å². The Kier molecular flexibility index (Phi) is 3.89. The van der Waals surface area contributed by atoms with E-state index in [4.69, 9.17) is 15.2 Å². The molecule has 1 aromatic carbocycles. The van der Waals surface area contributed by atoms with Gasteiger partial charge in [-0.1, -0.05) is 12.5 Å². The van der Waals surface area contributed by atoms with E-state index in [0.29, 0.717) is 12.8 Å². The van der Waals surface area contributed by atoms with Crippen molar-refractivity contribution in [3.05, 3.63) is 23.8 Å². The number of hydrogen-bond donors (Lipinski definition) is 1. The molecule has 0 aromatic heterocycles. The van der Waals surface area contributed by atoms with Crippen molar-refractivity contribution in [3.8, 4) is 11.5 Å². The van der Waals surface area contributed by atoms with Crippen molar-refractivity contribution in [2.75, 3.05) is 26.4 Å². The maximum Gasteiger partial charge on any atom is 0.231 e. The van der Waals surface area contributed by atoms with Crippen LogP contribution >= 0.6 is 0 Å². The fourth-order valence-corrected chi connectivity index (χ4v) is 3.07. The van der Waals surface area contributed by atoms with Gasteiger partial charge in [0, 0.05) is 6.04 Å². The van der Waals surface area contributed by atoms with Gasteiger partial charge >= 0.3 is 0 Å². The Bertz CT molecular complexity index is 430. The summed E-state index contributed by atoms with van der Waals surface area (Å²) in [5.74, 6) is 1.73. The molecule has 0 saturated carbocycles. The molecule has 4 heteroatoms. The van der Waals surface area contributed by atoms with Crippen LogP contribution in [0.4, 0.5) is 0 Å². The van der Waals surface area contributed by atoms with E-state index >= 15 is 0 Å². The van der Waals surface area contributed by atoms with Crippen LogP contribution in [0, 0.1) is 0 Å². The molecule has 2 heterocycles. The third-order valence-electron chi connectivity index (χ3n) is 4.05. The molecule has 1 unspecified atom stereocenters. The SMILES string of the molecule is NCCC(c1ccc2c(c1)OCO2)N1CCCCC1. The Balaban J connectivity index is 1.82. The summed E-state index contributed by atoms with van der Waals surface area (Å²) in [4.78, 5) is 2.56. The second-order valence-corrected chi connectivity index (χ2v) is 5.30. The van der Waals surface area contributed by atoms with Gasteiger partial charge in [0.05, 0.1) is 0 Å². The van der Waals surface area contributed by atoms with Gasteiger partial charge in [-0.15, -0.1) is 0 Å². The molecule has 0 radical (unpaired) electrons. The van der Waals surface area contributed by atoms with Crippen molar-refractivity contribution >= 4 is 0 Å². The van der Waals surface area contributed by atoms with Crippen molar-refractivity contribution in [2.24, 2.45) is 5.73 Å². The third kappa shape index (κ3) is 2.69. The Labute approximate surface area is 114 Å². The number of piperidine rings is 1. The van der Waals surface area contributed by atoms with Gasteiger partial charge in [0.2, 0.25) is 6.79 Å². The maximum absolute atomic E-state index is 5.80. The summed E-state index contributed by atoms with van der Waals surface area (Å²) in [5.41, 5.74) is 7.11. The molecule has 0 amide bonds. The summed E-state index contributed by atoms with van der Waals surface area (Å²) < 4.78 is 10.9. The van der Waals surface area contributed by atoms with Crippen molar-refractivity contribution in [1.82, 2.24) is 4.90 Å².